The lowest BCUT2D eigenvalue weighted by Crippen LogP contribution is -2.02. The van der Waals surface area contributed by atoms with Crippen molar-refractivity contribution in [1.82, 2.24) is 0 Å². The van der Waals surface area contributed by atoms with Crippen LogP contribution in [-0.4, -0.2) is 13.3 Å². The highest BCUT2D eigenvalue weighted by molar-refractivity contribution is 5.72. The molecule has 0 aromatic carbocycles. The van der Waals surface area contributed by atoms with Crippen molar-refractivity contribution in [2.75, 3.05) is 7.05 Å². The van der Waals surface area contributed by atoms with Crippen LogP contribution in [0.25, 0.3) is 0 Å². The van der Waals surface area contributed by atoms with Crippen molar-refractivity contribution in [3.63, 3.8) is 0 Å². The van der Waals surface area contributed by atoms with E-state index in [1.807, 2.05) is 6.21 Å². The van der Waals surface area contributed by atoms with E-state index in [1.165, 1.54) is 5.57 Å². The van der Waals surface area contributed by atoms with Crippen molar-refractivity contribution in [3.05, 3.63) is 11.6 Å². The third-order valence-corrected chi connectivity index (χ3v) is 1.75. The van der Waals surface area contributed by atoms with Crippen LogP contribution in [-0.2, 0) is 0 Å². The fraction of sp³-hybridized carbons (Fsp3) is 0.700. The summed E-state index contributed by atoms with van der Waals surface area (Å²) < 4.78 is 0. The first-order valence-electron chi connectivity index (χ1n) is 4.21. The van der Waals surface area contributed by atoms with E-state index < -0.39 is 0 Å². The van der Waals surface area contributed by atoms with Crippen molar-refractivity contribution < 1.29 is 0 Å². The summed E-state index contributed by atoms with van der Waals surface area (Å²) in [6, 6.07) is 0. The number of allylic oxidation sites excluding steroid dienone is 2. The molecule has 0 aliphatic rings. The predicted octanol–water partition coefficient (Wildman–Crippen LogP) is 2.93. The van der Waals surface area contributed by atoms with E-state index in [0.29, 0.717) is 11.8 Å². The molecule has 0 N–H and O–H groups in total. The number of hydrogen-bond acceptors (Lipinski definition) is 1. The van der Waals surface area contributed by atoms with Gasteiger partial charge in [0.1, 0.15) is 0 Å². The van der Waals surface area contributed by atoms with Gasteiger partial charge in [0, 0.05) is 13.3 Å². The first-order valence-corrected chi connectivity index (χ1v) is 4.21. The molecule has 0 unspecified atom stereocenters. The summed E-state index contributed by atoms with van der Waals surface area (Å²) in [5.74, 6) is 1.26. The Balaban J connectivity index is 4.33. The van der Waals surface area contributed by atoms with Crippen molar-refractivity contribution >= 4 is 6.21 Å². The largest absolute Gasteiger partial charge is 0.297 e. The maximum absolute atomic E-state index is 3.94. The van der Waals surface area contributed by atoms with E-state index in [2.05, 4.69) is 38.8 Å². The molecule has 0 rings (SSSR count). The zero-order valence-corrected chi connectivity index (χ0v) is 8.26. The fourth-order valence-electron chi connectivity index (χ4n) is 1.21. The zero-order valence-electron chi connectivity index (χ0n) is 8.26. The Kier molecular flexibility index (Phi) is 4.84. The van der Waals surface area contributed by atoms with Gasteiger partial charge in [-0.15, -0.1) is 0 Å². The molecule has 0 fully saturated rings. The molecule has 0 spiro atoms. The Morgan fingerprint density at radius 2 is 1.55 bits per heavy atom. The summed E-state index contributed by atoms with van der Waals surface area (Å²) in [6.45, 7) is 8.87. The first-order chi connectivity index (χ1) is 5.09. The summed E-state index contributed by atoms with van der Waals surface area (Å²) in [7, 11) is 1.80. The second-order valence-electron chi connectivity index (χ2n) is 3.38. The van der Waals surface area contributed by atoms with Crippen LogP contribution in [0.4, 0.5) is 0 Å². The van der Waals surface area contributed by atoms with Gasteiger partial charge in [0.15, 0.2) is 0 Å². The normalized spacial score (nSPS) is 11.5. The molecule has 0 aromatic heterocycles. The SMILES string of the molecule is CN=CC=C(C(C)C)C(C)C. The standard InChI is InChI=1S/C10H19N/c1-8(2)10(9(3)4)6-7-11-5/h6-9H,1-5H3. The molecular formula is C10H19N. The minimum atomic E-state index is 0.632. The average molecular weight is 153 g/mol. The third kappa shape index (κ3) is 3.97. The lowest BCUT2D eigenvalue weighted by molar-refractivity contribution is 0.627. The van der Waals surface area contributed by atoms with Gasteiger partial charge in [0.2, 0.25) is 0 Å². The maximum Gasteiger partial charge on any atom is 0.0277 e. The van der Waals surface area contributed by atoms with Crippen LogP contribution in [0.2, 0.25) is 0 Å². The maximum atomic E-state index is 3.94. The number of aliphatic imine (C=N–C) groups is 1. The zero-order chi connectivity index (χ0) is 8.85. The van der Waals surface area contributed by atoms with E-state index >= 15 is 0 Å². The van der Waals surface area contributed by atoms with E-state index in [9.17, 15) is 0 Å². The molecular weight excluding hydrogens is 134 g/mol. The van der Waals surface area contributed by atoms with E-state index in [1.54, 1.807) is 7.05 Å². The summed E-state index contributed by atoms with van der Waals surface area (Å²) in [4.78, 5) is 3.94. The summed E-state index contributed by atoms with van der Waals surface area (Å²) in [5, 5.41) is 0. The number of rotatable bonds is 3. The minimum absolute atomic E-state index is 0.632. The quantitative estimate of drug-likeness (QED) is 0.553. The van der Waals surface area contributed by atoms with Gasteiger partial charge in [-0.05, 0) is 17.9 Å². The van der Waals surface area contributed by atoms with Crippen molar-refractivity contribution in [2.45, 2.75) is 27.7 Å². The smallest absolute Gasteiger partial charge is 0.0277 e. The summed E-state index contributed by atoms with van der Waals surface area (Å²) >= 11 is 0. The van der Waals surface area contributed by atoms with Gasteiger partial charge in [-0.2, -0.15) is 0 Å². The molecule has 0 atom stereocenters. The van der Waals surface area contributed by atoms with Gasteiger partial charge in [0.05, 0.1) is 0 Å². The van der Waals surface area contributed by atoms with Crippen LogP contribution >= 0.6 is 0 Å². The second kappa shape index (κ2) is 5.11. The first kappa shape index (κ1) is 10.4. The van der Waals surface area contributed by atoms with Gasteiger partial charge in [0.25, 0.3) is 0 Å². The van der Waals surface area contributed by atoms with Crippen LogP contribution in [0, 0.1) is 11.8 Å². The highest BCUT2D eigenvalue weighted by atomic mass is 14.6. The molecule has 64 valence electrons. The molecule has 1 nitrogen and oxygen atoms in total. The lowest BCUT2D eigenvalue weighted by Gasteiger charge is -2.13. The van der Waals surface area contributed by atoms with Crippen LogP contribution < -0.4 is 0 Å². The molecule has 0 saturated heterocycles. The van der Waals surface area contributed by atoms with Gasteiger partial charge in [-0.25, -0.2) is 0 Å². The Hall–Kier alpha value is -0.590. The van der Waals surface area contributed by atoms with Gasteiger partial charge in [-0.1, -0.05) is 33.3 Å². The molecule has 0 amide bonds. The fourth-order valence-corrected chi connectivity index (χ4v) is 1.21. The van der Waals surface area contributed by atoms with Gasteiger partial charge in [-0.3, -0.25) is 4.99 Å². The molecule has 1 heteroatoms. The van der Waals surface area contributed by atoms with Gasteiger partial charge < -0.3 is 0 Å². The minimum Gasteiger partial charge on any atom is -0.297 e. The monoisotopic (exact) mass is 153 g/mol. The lowest BCUT2D eigenvalue weighted by atomic mass is 9.92. The van der Waals surface area contributed by atoms with Crippen LogP contribution in [0.5, 0.6) is 0 Å². The van der Waals surface area contributed by atoms with Crippen LogP contribution in [0.15, 0.2) is 16.6 Å². The Morgan fingerprint density at radius 1 is 1.09 bits per heavy atom. The van der Waals surface area contributed by atoms with Gasteiger partial charge >= 0.3 is 0 Å². The Labute approximate surface area is 70.2 Å². The third-order valence-electron chi connectivity index (χ3n) is 1.75. The van der Waals surface area contributed by atoms with E-state index in [-0.39, 0.29) is 0 Å². The number of hydrogen-bond donors (Lipinski definition) is 0. The van der Waals surface area contributed by atoms with E-state index in [0.717, 1.165) is 0 Å². The second-order valence-corrected chi connectivity index (χ2v) is 3.38. The molecule has 0 radical (unpaired) electrons. The van der Waals surface area contributed by atoms with E-state index in [4.69, 9.17) is 0 Å². The highest BCUT2D eigenvalue weighted by Crippen LogP contribution is 2.17. The predicted molar refractivity (Wildman–Crippen MR) is 52.2 cm³/mol. The Morgan fingerprint density at radius 3 is 1.82 bits per heavy atom. The Bertz CT molecular complexity index is 142. The van der Waals surface area contributed by atoms with Crippen molar-refractivity contribution in [1.29, 1.82) is 0 Å². The molecule has 0 aliphatic heterocycles. The molecule has 0 saturated carbocycles. The molecule has 0 bridgehead atoms. The number of nitrogens with zero attached hydrogens (tertiary/aromatic N) is 1. The summed E-state index contributed by atoms with van der Waals surface area (Å²) in [5.41, 5.74) is 1.47. The highest BCUT2D eigenvalue weighted by Gasteiger charge is 2.05. The van der Waals surface area contributed by atoms with Crippen molar-refractivity contribution in [3.8, 4) is 0 Å². The summed E-state index contributed by atoms with van der Waals surface area (Å²) in [6.07, 6.45) is 3.99. The molecule has 0 heterocycles. The molecule has 11 heavy (non-hydrogen) atoms. The van der Waals surface area contributed by atoms with Crippen molar-refractivity contribution in [2.24, 2.45) is 16.8 Å². The van der Waals surface area contributed by atoms with Crippen LogP contribution in [0.1, 0.15) is 27.7 Å². The molecule has 0 aliphatic carbocycles. The average Bonchev–Trinajstić information content (AvgIpc) is 1.87. The molecule has 0 aromatic rings. The topological polar surface area (TPSA) is 12.4 Å². The van der Waals surface area contributed by atoms with Crippen LogP contribution in [0.3, 0.4) is 0 Å².